The molecule has 0 aliphatic heterocycles. The van der Waals surface area contributed by atoms with E-state index in [9.17, 15) is 4.79 Å². The Morgan fingerprint density at radius 3 is 2.59 bits per heavy atom. The molecule has 0 bridgehead atoms. The van der Waals surface area contributed by atoms with Crippen molar-refractivity contribution in [1.82, 2.24) is 19.7 Å². The smallest absolute Gasteiger partial charge is 0.236 e. The van der Waals surface area contributed by atoms with Gasteiger partial charge < -0.3 is 10.1 Å². The zero-order valence-corrected chi connectivity index (χ0v) is 19.9. The molecule has 2 heterocycles. The van der Waals surface area contributed by atoms with Crippen LogP contribution in [-0.4, -0.2) is 31.4 Å². The van der Waals surface area contributed by atoms with Gasteiger partial charge in [-0.15, -0.1) is 16.8 Å². The van der Waals surface area contributed by atoms with E-state index < -0.39 is 0 Å². The summed E-state index contributed by atoms with van der Waals surface area (Å²) in [6.45, 7) is 10.6. The minimum atomic E-state index is -0.325. The fraction of sp³-hybridized carbons (Fsp3) is 0.304. The number of allylic oxidation sites excluding steroid dienone is 1. The predicted octanol–water partition coefficient (Wildman–Crippen LogP) is 5.51. The summed E-state index contributed by atoms with van der Waals surface area (Å²) in [4.78, 5) is 16.4. The number of hydrogen-bond donors (Lipinski definition) is 1. The summed E-state index contributed by atoms with van der Waals surface area (Å²) in [5, 5.41) is 12.4. The SMILES string of the molecule is C=CCn1c(SCC(=O)Nc2ccc(Cl)cn2)nnc1C(C)Oc1ccc(C(C)C)cc1. The Kier molecular flexibility index (Phi) is 8.30. The first kappa shape index (κ1) is 23.8. The third-order valence-electron chi connectivity index (χ3n) is 4.61. The maximum Gasteiger partial charge on any atom is 0.236 e. The van der Waals surface area contributed by atoms with E-state index >= 15 is 0 Å². The van der Waals surface area contributed by atoms with Crippen LogP contribution in [0.4, 0.5) is 5.82 Å². The van der Waals surface area contributed by atoms with Gasteiger partial charge in [0, 0.05) is 12.7 Å². The number of anilines is 1. The third kappa shape index (κ3) is 6.34. The van der Waals surface area contributed by atoms with E-state index in [1.807, 2.05) is 23.6 Å². The molecule has 3 aromatic rings. The van der Waals surface area contributed by atoms with E-state index in [1.54, 1.807) is 18.2 Å². The minimum Gasteiger partial charge on any atom is -0.483 e. The predicted molar refractivity (Wildman–Crippen MR) is 128 cm³/mol. The van der Waals surface area contributed by atoms with Gasteiger partial charge in [0.15, 0.2) is 17.1 Å². The van der Waals surface area contributed by atoms with Crippen molar-refractivity contribution in [1.29, 1.82) is 0 Å². The molecular weight excluding hydrogens is 446 g/mol. The highest BCUT2D eigenvalue weighted by Crippen LogP contribution is 2.26. The fourth-order valence-corrected chi connectivity index (χ4v) is 3.82. The Balaban J connectivity index is 1.65. The van der Waals surface area contributed by atoms with E-state index in [1.165, 1.54) is 23.5 Å². The number of hydrogen-bond acceptors (Lipinski definition) is 6. The van der Waals surface area contributed by atoms with Gasteiger partial charge in [-0.25, -0.2) is 4.98 Å². The normalized spacial score (nSPS) is 11.9. The summed E-state index contributed by atoms with van der Waals surface area (Å²) in [7, 11) is 0. The van der Waals surface area contributed by atoms with Crippen LogP contribution in [0.5, 0.6) is 5.75 Å². The second-order valence-electron chi connectivity index (χ2n) is 7.42. The van der Waals surface area contributed by atoms with E-state index in [0.717, 1.165) is 5.75 Å². The first-order valence-electron chi connectivity index (χ1n) is 10.2. The number of aromatic nitrogens is 4. The third-order valence-corrected chi connectivity index (χ3v) is 5.80. The molecule has 32 heavy (non-hydrogen) atoms. The number of nitrogens with zero attached hydrogens (tertiary/aromatic N) is 4. The van der Waals surface area contributed by atoms with Gasteiger partial charge in [0.2, 0.25) is 5.91 Å². The molecule has 1 amide bonds. The zero-order chi connectivity index (χ0) is 23.1. The fourth-order valence-electron chi connectivity index (χ4n) is 2.96. The van der Waals surface area contributed by atoms with Gasteiger partial charge in [0.05, 0.1) is 10.8 Å². The molecule has 0 fully saturated rings. The molecule has 1 N–H and O–H groups in total. The lowest BCUT2D eigenvalue weighted by Gasteiger charge is -2.16. The topological polar surface area (TPSA) is 81.9 Å². The van der Waals surface area contributed by atoms with E-state index in [-0.39, 0.29) is 17.8 Å². The van der Waals surface area contributed by atoms with Crippen molar-refractivity contribution in [3.05, 3.63) is 71.7 Å². The lowest BCUT2D eigenvalue weighted by atomic mass is 10.0. The van der Waals surface area contributed by atoms with Crippen LogP contribution < -0.4 is 10.1 Å². The van der Waals surface area contributed by atoms with Gasteiger partial charge in [-0.2, -0.15) is 0 Å². The van der Waals surface area contributed by atoms with Gasteiger partial charge in [-0.1, -0.05) is 55.4 Å². The average molecular weight is 472 g/mol. The summed E-state index contributed by atoms with van der Waals surface area (Å²) >= 11 is 7.11. The number of carbonyl (C=O) groups is 1. The molecule has 0 radical (unpaired) electrons. The van der Waals surface area contributed by atoms with E-state index in [0.29, 0.717) is 34.3 Å². The van der Waals surface area contributed by atoms with Crippen molar-refractivity contribution in [3.63, 3.8) is 0 Å². The Labute approximate surface area is 197 Å². The molecule has 168 valence electrons. The van der Waals surface area contributed by atoms with E-state index in [4.69, 9.17) is 16.3 Å². The molecule has 0 saturated heterocycles. The molecule has 7 nitrogen and oxygen atoms in total. The van der Waals surface area contributed by atoms with Crippen LogP contribution in [0.1, 0.15) is 44.2 Å². The lowest BCUT2D eigenvalue weighted by Crippen LogP contribution is -2.16. The molecule has 9 heteroatoms. The van der Waals surface area contributed by atoms with E-state index in [2.05, 4.69) is 53.1 Å². The molecule has 1 atom stereocenters. The van der Waals surface area contributed by atoms with Crippen molar-refractivity contribution in [2.45, 2.75) is 44.5 Å². The minimum absolute atomic E-state index is 0.158. The van der Waals surface area contributed by atoms with Crippen molar-refractivity contribution < 1.29 is 9.53 Å². The lowest BCUT2D eigenvalue weighted by molar-refractivity contribution is -0.113. The molecule has 0 saturated carbocycles. The van der Waals surface area contributed by atoms with Crippen LogP contribution in [-0.2, 0) is 11.3 Å². The second kappa shape index (κ2) is 11.2. The van der Waals surface area contributed by atoms with Crippen LogP contribution in [0.15, 0.2) is 60.4 Å². The molecular formula is C23H26ClN5O2S. The Hall–Kier alpha value is -2.84. The van der Waals surface area contributed by atoms with Crippen molar-refractivity contribution >= 4 is 35.1 Å². The standard InChI is InChI=1S/C23H26ClN5O2S/c1-5-12-29-22(16(4)31-19-9-6-17(7-10-19)15(2)3)27-28-23(29)32-14-21(30)26-20-11-8-18(24)13-25-20/h5-11,13,15-16H,1,12,14H2,2-4H3,(H,25,26,30). The highest BCUT2D eigenvalue weighted by Gasteiger charge is 2.20. The van der Waals surface area contributed by atoms with Crippen molar-refractivity contribution in [2.75, 3.05) is 11.1 Å². The monoisotopic (exact) mass is 471 g/mol. The number of halogens is 1. The molecule has 1 unspecified atom stereocenters. The summed E-state index contributed by atoms with van der Waals surface area (Å²) in [6.07, 6.45) is 2.92. The van der Waals surface area contributed by atoms with Gasteiger partial charge >= 0.3 is 0 Å². The Morgan fingerprint density at radius 1 is 1.22 bits per heavy atom. The molecule has 1 aromatic carbocycles. The Morgan fingerprint density at radius 2 is 1.97 bits per heavy atom. The average Bonchev–Trinajstić information content (AvgIpc) is 3.17. The summed E-state index contributed by atoms with van der Waals surface area (Å²) in [6, 6.07) is 11.4. The van der Waals surface area contributed by atoms with Crippen molar-refractivity contribution in [3.8, 4) is 5.75 Å². The number of thioether (sulfide) groups is 1. The number of carbonyl (C=O) groups excluding carboxylic acids is 1. The highest BCUT2D eigenvalue weighted by atomic mass is 35.5. The molecule has 2 aromatic heterocycles. The molecule has 3 rings (SSSR count). The van der Waals surface area contributed by atoms with Crippen LogP contribution in [0, 0.1) is 0 Å². The zero-order valence-electron chi connectivity index (χ0n) is 18.3. The van der Waals surface area contributed by atoms with Gasteiger partial charge in [0.1, 0.15) is 11.6 Å². The number of ether oxygens (including phenoxy) is 1. The van der Waals surface area contributed by atoms with Crippen LogP contribution >= 0.6 is 23.4 Å². The molecule has 0 aliphatic carbocycles. The molecule has 0 spiro atoms. The first-order chi connectivity index (χ1) is 15.4. The van der Waals surface area contributed by atoms with Crippen LogP contribution in [0.2, 0.25) is 5.02 Å². The van der Waals surface area contributed by atoms with Gasteiger partial charge in [-0.3, -0.25) is 9.36 Å². The highest BCUT2D eigenvalue weighted by molar-refractivity contribution is 7.99. The maximum atomic E-state index is 12.3. The Bertz CT molecular complexity index is 1050. The molecule has 0 aliphatic rings. The van der Waals surface area contributed by atoms with Gasteiger partial charge in [0.25, 0.3) is 0 Å². The van der Waals surface area contributed by atoms with Gasteiger partial charge in [-0.05, 0) is 42.7 Å². The summed E-state index contributed by atoms with van der Waals surface area (Å²) in [5.41, 5.74) is 1.26. The van der Waals surface area contributed by atoms with Crippen LogP contribution in [0.25, 0.3) is 0 Å². The number of amides is 1. The maximum absolute atomic E-state index is 12.3. The number of benzene rings is 1. The number of nitrogens with one attached hydrogen (secondary N) is 1. The number of rotatable bonds is 10. The summed E-state index contributed by atoms with van der Waals surface area (Å²) < 4.78 is 7.99. The summed E-state index contributed by atoms with van der Waals surface area (Å²) in [5.74, 6) is 2.29. The van der Waals surface area contributed by atoms with Crippen LogP contribution in [0.3, 0.4) is 0 Å². The number of pyridine rings is 1. The quantitative estimate of drug-likeness (QED) is 0.310. The largest absolute Gasteiger partial charge is 0.483 e. The second-order valence-corrected chi connectivity index (χ2v) is 8.80. The van der Waals surface area contributed by atoms with Crippen molar-refractivity contribution in [2.24, 2.45) is 0 Å². The first-order valence-corrected chi connectivity index (χ1v) is 11.6.